The van der Waals surface area contributed by atoms with Crippen molar-refractivity contribution in [3.63, 3.8) is 0 Å². The summed E-state index contributed by atoms with van der Waals surface area (Å²) in [4.78, 5) is 33.1. The fourth-order valence-electron chi connectivity index (χ4n) is 5.45. The normalized spacial score (nSPS) is 25.3. The van der Waals surface area contributed by atoms with E-state index in [0.717, 1.165) is 36.4 Å². The minimum atomic E-state index is -0.228. The Hall–Kier alpha value is -2.97. The average molecular weight is 451 g/mol. The molecule has 8 nitrogen and oxygen atoms in total. The highest BCUT2D eigenvalue weighted by molar-refractivity contribution is 5.96. The van der Waals surface area contributed by atoms with Gasteiger partial charge in [0.25, 0.3) is 0 Å². The number of esters is 1. The Kier molecular flexibility index (Phi) is 5.80. The highest BCUT2D eigenvalue weighted by Gasteiger charge is 2.35. The summed E-state index contributed by atoms with van der Waals surface area (Å²) in [5.74, 6) is 0.703. The molecular formula is C25H30N4O4. The first-order valence-electron chi connectivity index (χ1n) is 11.5. The Morgan fingerprint density at radius 1 is 1.21 bits per heavy atom. The van der Waals surface area contributed by atoms with Crippen molar-refractivity contribution in [2.24, 2.45) is 5.92 Å². The number of methoxy groups -OCH3 is 1. The lowest BCUT2D eigenvalue weighted by atomic mass is 9.92. The van der Waals surface area contributed by atoms with Crippen molar-refractivity contribution in [3.8, 4) is 5.88 Å². The highest BCUT2D eigenvalue weighted by atomic mass is 16.5. The number of cyclic esters (lactones) is 1. The lowest BCUT2D eigenvalue weighted by Gasteiger charge is -2.39. The van der Waals surface area contributed by atoms with Gasteiger partial charge in [-0.2, -0.15) is 0 Å². The predicted molar refractivity (Wildman–Crippen MR) is 123 cm³/mol. The Balaban J connectivity index is 1.28. The van der Waals surface area contributed by atoms with Crippen LogP contribution in [0.15, 0.2) is 30.5 Å². The molecule has 0 bridgehead atoms. The average Bonchev–Trinajstić information content (AvgIpc) is 3.36. The molecule has 0 saturated carbocycles. The van der Waals surface area contributed by atoms with Gasteiger partial charge in [0.05, 0.1) is 18.4 Å². The van der Waals surface area contributed by atoms with E-state index in [0.29, 0.717) is 37.1 Å². The van der Waals surface area contributed by atoms with Crippen molar-refractivity contribution in [1.29, 1.82) is 0 Å². The predicted octanol–water partition coefficient (Wildman–Crippen LogP) is 2.46. The summed E-state index contributed by atoms with van der Waals surface area (Å²) < 4.78 is 10.4. The first-order valence-corrected chi connectivity index (χ1v) is 11.5. The van der Waals surface area contributed by atoms with Gasteiger partial charge in [-0.3, -0.25) is 9.69 Å². The molecule has 1 aromatic heterocycles. The van der Waals surface area contributed by atoms with Gasteiger partial charge in [-0.25, -0.2) is 9.78 Å². The van der Waals surface area contributed by atoms with Gasteiger partial charge in [-0.15, -0.1) is 0 Å². The fourth-order valence-corrected chi connectivity index (χ4v) is 5.45. The number of fused-ring (bicyclic) bond motifs is 1. The monoisotopic (exact) mass is 450 g/mol. The number of amides is 1. The van der Waals surface area contributed by atoms with E-state index in [1.807, 2.05) is 23.1 Å². The van der Waals surface area contributed by atoms with Crippen molar-refractivity contribution in [1.82, 2.24) is 15.2 Å². The van der Waals surface area contributed by atoms with Gasteiger partial charge in [0, 0.05) is 62.5 Å². The third-order valence-corrected chi connectivity index (χ3v) is 7.00. The number of rotatable bonds is 5. The Bertz CT molecular complexity index is 1090. The van der Waals surface area contributed by atoms with E-state index < -0.39 is 0 Å². The van der Waals surface area contributed by atoms with Gasteiger partial charge in [-0.05, 0) is 43.0 Å². The van der Waals surface area contributed by atoms with E-state index in [1.54, 1.807) is 13.3 Å². The fraction of sp³-hybridized carbons (Fsp3) is 0.480. The van der Waals surface area contributed by atoms with Crippen LogP contribution in [-0.4, -0.2) is 61.1 Å². The summed E-state index contributed by atoms with van der Waals surface area (Å²) in [5.41, 5.74) is 4.89. The zero-order chi connectivity index (χ0) is 23.1. The Labute approximate surface area is 193 Å². The van der Waals surface area contributed by atoms with Crippen LogP contribution < -0.4 is 15.0 Å². The van der Waals surface area contributed by atoms with Crippen LogP contribution in [0.3, 0.4) is 0 Å². The Morgan fingerprint density at radius 3 is 2.88 bits per heavy atom. The zero-order valence-electron chi connectivity index (χ0n) is 19.3. The maximum absolute atomic E-state index is 12.8. The van der Waals surface area contributed by atoms with Gasteiger partial charge in [0.1, 0.15) is 6.61 Å². The molecule has 3 atom stereocenters. The standard InChI is InChI=1S/C25H30N4O4/c1-15-10-28(11-17-8-24(30)29(12-17)18-6-7-26-23(9-18)32-3)13-22(27-15)19-4-5-20-21(16(19)2)14-33-25(20)31/h4-7,9,15,17,22,27H,8,10-14H2,1-3H3/t15-,17?,22-/m0/s1. The van der Waals surface area contributed by atoms with Crippen LogP contribution in [0.1, 0.15) is 46.4 Å². The van der Waals surface area contributed by atoms with E-state index in [1.165, 1.54) is 5.56 Å². The maximum atomic E-state index is 12.8. The first kappa shape index (κ1) is 21.9. The molecule has 3 aliphatic rings. The van der Waals surface area contributed by atoms with Crippen molar-refractivity contribution in [3.05, 3.63) is 52.7 Å². The van der Waals surface area contributed by atoms with Crippen LogP contribution in [0.2, 0.25) is 0 Å². The van der Waals surface area contributed by atoms with E-state index >= 15 is 0 Å². The highest BCUT2D eigenvalue weighted by Crippen LogP contribution is 2.32. The number of carbonyl (C=O) groups excluding carboxylic acids is 2. The molecule has 2 fully saturated rings. The number of piperazine rings is 1. The molecule has 174 valence electrons. The van der Waals surface area contributed by atoms with Gasteiger partial charge in [0.15, 0.2) is 0 Å². The Morgan fingerprint density at radius 2 is 2.06 bits per heavy atom. The van der Waals surface area contributed by atoms with Crippen LogP contribution in [0.25, 0.3) is 0 Å². The number of ether oxygens (including phenoxy) is 2. The van der Waals surface area contributed by atoms with Gasteiger partial charge < -0.3 is 19.7 Å². The molecular weight excluding hydrogens is 420 g/mol. The summed E-state index contributed by atoms with van der Waals surface area (Å²) in [6, 6.07) is 8.13. The van der Waals surface area contributed by atoms with Crippen LogP contribution >= 0.6 is 0 Å². The molecule has 0 radical (unpaired) electrons. The number of nitrogens with zero attached hydrogens (tertiary/aromatic N) is 3. The number of pyridine rings is 1. The largest absolute Gasteiger partial charge is 0.481 e. The topological polar surface area (TPSA) is 84.0 Å². The molecule has 33 heavy (non-hydrogen) atoms. The lowest BCUT2D eigenvalue weighted by Crippen LogP contribution is -2.52. The second-order valence-corrected chi connectivity index (χ2v) is 9.35. The number of benzene rings is 1. The lowest BCUT2D eigenvalue weighted by molar-refractivity contribution is -0.117. The number of hydrogen-bond donors (Lipinski definition) is 1. The number of hydrogen-bond acceptors (Lipinski definition) is 7. The number of anilines is 1. The molecule has 1 aromatic carbocycles. The minimum Gasteiger partial charge on any atom is -0.481 e. The second-order valence-electron chi connectivity index (χ2n) is 9.35. The molecule has 8 heteroatoms. The number of carbonyl (C=O) groups is 2. The van der Waals surface area contributed by atoms with Crippen LogP contribution in [0.4, 0.5) is 5.69 Å². The molecule has 1 unspecified atom stereocenters. The summed E-state index contributed by atoms with van der Waals surface area (Å²) in [6.07, 6.45) is 2.22. The number of aromatic nitrogens is 1. The van der Waals surface area contributed by atoms with E-state index in [9.17, 15) is 9.59 Å². The molecule has 5 rings (SSSR count). The molecule has 0 spiro atoms. The molecule has 4 heterocycles. The van der Waals surface area contributed by atoms with E-state index in [2.05, 4.69) is 35.1 Å². The van der Waals surface area contributed by atoms with Crippen molar-refractivity contribution >= 4 is 17.6 Å². The summed E-state index contributed by atoms with van der Waals surface area (Å²) in [7, 11) is 1.58. The summed E-state index contributed by atoms with van der Waals surface area (Å²) in [6.45, 7) is 8.02. The summed E-state index contributed by atoms with van der Waals surface area (Å²) in [5, 5.41) is 3.72. The molecule has 1 amide bonds. The molecule has 0 aliphatic carbocycles. The smallest absolute Gasteiger partial charge is 0.338 e. The van der Waals surface area contributed by atoms with Crippen molar-refractivity contribution < 1.29 is 19.1 Å². The molecule has 2 aromatic rings. The molecule has 2 saturated heterocycles. The van der Waals surface area contributed by atoms with Gasteiger partial charge in [-0.1, -0.05) is 6.07 Å². The van der Waals surface area contributed by atoms with Crippen LogP contribution in [0, 0.1) is 12.8 Å². The molecule has 1 N–H and O–H groups in total. The maximum Gasteiger partial charge on any atom is 0.338 e. The zero-order valence-corrected chi connectivity index (χ0v) is 19.3. The van der Waals surface area contributed by atoms with E-state index in [-0.39, 0.29) is 23.8 Å². The second kappa shape index (κ2) is 8.76. The van der Waals surface area contributed by atoms with Crippen molar-refractivity contribution in [2.75, 3.05) is 38.2 Å². The quantitative estimate of drug-likeness (QED) is 0.701. The van der Waals surface area contributed by atoms with Crippen LogP contribution in [-0.2, 0) is 16.1 Å². The SMILES string of the molecule is COc1cc(N2CC(CN3C[C@@H](c4ccc5c(c4C)COC5=O)N[C@@H](C)C3)CC2=O)ccn1. The third kappa shape index (κ3) is 4.20. The molecule has 3 aliphatic heterocycles. The first-order chi connectivity index (χ1) is 15.9. The van der Waals surface area contributed by atoms with Crippen molar-refractivity contribution in [2.45, 2.75) is 39.0 Å². The van der Waals surface area contributed by atoms with E-state index in [4.69, 9.17) is 9.47 Å². The van der Waals surface area contributed by atoms with Gasteiger partial charge >= 0.3 is 5.97 Å². The number of nitrogens with one attached hydrogen (secondary N) is 1. The third-order valence-electron chi connectivity index (χ3n) is 7.00. The minimum absolute atomic E-state index is 0.145. The summed E-state index contributed by atoms with van der Waals surface area (Å²) >= 11 is 0. The van der Waals surface area contributed by atoms with Gasteiger partial charge in [0.2, 0.25) is 11.8 Å². The van der Waals surface area contributed by atoms with Crippen LogP contribution in [0.5, 0.6) is 5.88 Å².